The second kappa shape index (κ2) is 6.15. The molecule has 0 radical (unpaired) electrons. The summed E-state index contributed by atoms with van der Waals surface area (Å²) in [5.74, 6) is -0.0976. The molecular formula is C15H21FN2O. The molecule has 1 heterocycles. The predicted octanol–water partition coefficient (Wildman–Crippen LogP) is 2.49. The average molecular weight is 264 g/mol. The van der Waals surface area contributed by atoms with E-state index in [1.165, 1.54) is 12.1 Å². The zero-order chi connectivity index (χ0) is 13.8. The molecule has 4 heteroatoms. The van der Waals surface area contributed by atoms with E-state index in [4.69, 9.17) is 0 Å². The molecule has 2 atom stereocenters. The van der Waals surface area contributed by atoms with E-state index in [0.717, 1.165) is 24.9 Å². The summed E-state index contributed by atoms with van der Waals surface area (Å²) >= 11 is 0. The quantitative estimate of drug-likeness (QED) is 0.906. The summed E-state index contributed by atoms with van der Waals surface area (Å²) in [7, 11) is 0. The Bertz CT molecular complexity index is 426. The van der Waals surface area contributed by atoms with Crippen molar-refractivity contribution in [2.24, 2.45) is 0 Å². The van der Waals surface area contributed by atoms with Gasteiger partial charge in [-0.3, -0.25) is 4.79 Å². The molecule has 2 rings (SSSR count). The van der Waals surface area contributed by atoms with E-state index in [2.05, 4.69) is 5.32 Å². The number of hydrogen-bond acceptors (Lipinski definition) is 2. The van der Waals surface area contributed by atoms with Crippen LogP contribution in [-0.2, 0) is 4.79 Å². The maximum absolute atomic E-state index is 12.9. The Kier molecular flexibility index (Phi) is 4.53. The Morgan fingerprint density at radius 2 is 2.16 bits per heavy atom. The van der Waals surface area contributed by atoms with Crippen molar-refractivity contribution in [1.29, 1.82) is 0 Å². The molecule has 0 aromatic heterocycles. The first kappa shape index (κ1) is 14.0. The molecule has 0 bridgehead atoms. The van der Waals surface area contributed by atoms with Crippen LogP contribution >= 0.6 is 0 Å². The lowest BCUT2D eigenvalue weighted by molar-refractivity contribution is -0.135. The lowest BCUT2D eigenvalue weighted by Crippen LogP contribution is -2.44. The number of rotatable bonds is 4. The van der Waals surface area contributed by atoms with Crippen LogP contribution in [0.1, 0.15) is 38.3 Å². The van der Waals surface area contributed by atoms with Crippen LogP contribution in [0.5, 0.6) is 0 Å². The monoisotopic (exact) mass is 264 g/mol. The van der Waals surface area contributed by atoms with E-state index in [9.17, 15) is 9.18 Å². The SMILES string of the molecule is CCN(C(=O)C1CCCN1)C(C)c1ccc(F)cc1. The third-order valence-corrected chi connectivity index (χ3v) is 3.80. The fourth-order valence-electron chi connectivity index (χ4n) is 2.64. The van der Waals surface area contributed by atoms with E-state index < -0.39 is 0 Å². The maximum atomic E-state index is 12.9. The number of likely N-dealkylation sites (N-methyl/N-ethyl adjacent to an activating group) is 1. The molecule has 1 aromatic rings. The molecule has 1 fully saturated rings. The average Bonchev–Trinajstić information content (AvgIpc) is 2.94. The van der Waals surface area contributed by atoms with Gasteiger partial charge in [-0.15, -0.1) is 0 Å². The third kappa shape index (κ3) is 3.13. The number of benzene rings is 1. The van der Waals surface area contributed by atoms with Gasteiger partial charge in [-0.2, -0.15) is 0 Å². The largest absolute Gasteiger partial charge is 0.335 e. The van der Waals surface area contributed by atoms with Crippen LogP contribution in [0.3, 0.4) is 0 Å². The highest BCUT2D eigenvalue weighted by molar-refractivity contribution is 5.82. The minimum Gasteiger partial charge on any atom is -0.335 e. The Morgan fingerprint density at radius 3 is 2.68 bits per heavy atom. The van der Waals surface area contributed by atoms with Gasteiger partial charge in [0.2, 0.25) is 5.91 Å². The maximum Gasteiger partial charge on any atom is 0.240 e. The molecule has 3 nitrogen and oxygen atoms in total. The number of halogens is 1. The van der Waals surface area contributed by atoms with Gasteiger partial charge >= 0.3 is 0 Å². The fraction of sp³-hybridized carbons (Fsp3) is 0.533. The lowest BCUT2D eigenvalue weighted by Gasteiger charge is -2.30. The van der Waals surface area contributed by atoms with Crippen LogP contribution in [0.2, 0.25) is 0 Å². The molecule has 0 saturated carbocycles. The highest BCUT2D eigenvalue weighted by Crippen LogP contribution is 2.22. The molecule has 1 saturated heterocycles. The van der Waals surface area contributed by atoms with Crippen LogP contribution in [-0.4, -0.2) is 29.9 Å². The van der Waals surface area contributed by atoms with Crippen LogP contribution in [0.15, 0.2) is 24.3 Å². The molecule has 1 aromatic carbocycles. The summed E-state index contributed by atoms with van der Waals surface area (Å²) < 4.78 is 12.9. The van der Waals surface area contributed by atoms with E-state index in [0.29, 0.717) is 6.54 Å². The van der Waals surface area contributed by atoms with Crippen molar-refractivity contribution in [2.75, 3.05) is 13.1 Å². The van der Waals surface area contributed by atoms with Gasteiger partial charge in [-0.1, -0.05) is 12.1 Å². The molecule has 1 aliphatic heterocycles. The molecular weight excluding hydrogens is 243 g/mol. The molecule has 0 aliphatic carbocycles. The van der Waals surface area contributed by atoms with Crippen molar-refractivity contribution in [3.63, 3.8) is 0 Å². The standard InChI is InChI=1S/C15H21FN2O/c1-3-18(15(19)14-5-4-10-17-14)11(2)12-6-8-13(16)9-7-12/h6-9,11,14,17H,3-5,10H2,1-2H3. The zero-order valence-corrected chi connectivity index (χ0v) is 11.5. The summed E-state index contributed by atoms with van der Waals surface area (Å²) in [4.78, 5) is 14.3. The first-order valence-electron chi connectivity index (χ1n) is 6.92. The highest BCUT2D eigenvalue weighted by Gasteiger charge is 2.29. The predicted molar refractivity (Wildman–Crippen MR) is 73.2 cm³/mol. The molecule has 1 N–H and O–H groups in total. The summed E-state index contributed by atoms with van der Waals surface area (Å²) in [6.07, 6.45) is 1.96. The topological polar surface area (TPSA) is 32.3 Å². The number of hydrogen-bond donors (Lipinski definition) is 1. The molecule has 104 valence electrons. The number of carbonyl (C=O) groups excluding carboxylic acids is 1. The number of carbonyl (C=O) groups is 1. The van der Waals surface area contributed by atoms with Crippen LogP contribution in [0, 0.1) is 5.82 Å². The smallest absolute Gasteiger partial charge is 0.240 e. The third-order valence-electron chi connectivity index (χ3n) is 3.80. The van der Waals surface area contributed by atoms with E-state index >= 15 is 0 Å². The van der Waals surface area contributed by atoms with Gasteiger partial charge in [0.05, 0.1) is 12.1 Å². The van der Waals surface area contributed by atoms with E-state index in [1.807, 2.05) is 18.7 Å². The lowest BCUT2D eigenvalue weighted by atomic mass is 10.1. The van der Waals surface area contributed by atoms with Gasteiger partial charge in [0.1, 0.15) is 5.82 Å². The van der Waals surface area contributed by atoms with Crippen molar-refractivity contribution in [3.8, 4) is 0 Å². The van der Waals surface area contributed by atoms with E-state index in [-0.39, 0.29) is 23.8 Å². The minimum absolute atomic E-state index is 0.0273. The van der Waals surface area contributed by atoms with Crippen molar-refractivity contribution >= 4 is 5.91 Å². The molecule has 1 aliphatic rings. The van der Waals surface area contributed by atoms with Gasteiger partial charge < -0.3 is 10.2 Å². The number of amides is 1. The van der Waals surface area contributed by atoms with Gasteiger partial charge in [-0.05, 0) is 50.9 Å². The number of nitrogens with one attached hydrogen (secondary N) is 1. The van der Waals surface area contributed by atoms with E-state index in [1.54, 1.807) is 12.1 Å². The summed E-state index contributed by atoms with van der Waals surface area (Å²) in [5, 5.41) is 3.24. The first-order chi connectivity index (χ1) is 9.13. The van der Waals surface area contributed by atoms with Crippen molar-refractivity contribution in [3.05, 3.63) is 35.6 Å². The molecule has 19 heavy (non-hydrogen) atoms. The van der Waals surface area contributed by atoms with Crippen molar-refractivity contribution in [2.45, 2.75) is 38.8 Å². The number of nitrogens with zero attached hydrogens (tertiary/aromatic N) is 1. The second-order valence-electron chi connectivity index (χ2n) is 5.00. The highest BCUT2D eigenvalue weighted by atomic mass is 19.1. The van der Waals surface area contributed by atoms with Crippen molar-refractivity contribution < 1.29 is 9.18 Å². The summed E-state index contributed by atoms with van der Waals surface area (Å²) in [6.45, 7) is 5.55. The van der Waals surface area contributed by atoms with Gasteiger partial charge in [0, 0.05) is 6.54 Å². The Balaban J connectivity index is 2.11. The Hall–Kier alpha value is -1.42. The summed E-state index contributed by atoms with van der Waals surface area (Å²) in [5.41, 5.74) is 0.967. The van der Waals surface area contributed by atoms with Gasteiger partial charge in [-0.25, -0.2) is 4.39 Å². The fourth-order valence-corrected chi connectivity index (χ4v) is 2.64. The minimum atomic E-state index is -0.247. The first-order valence-corrected chi connectivity index (χ1v) is 6.92. The van der Waals surface area contributed by atoms with Gasteiger partial charge in [0.25, 0.3) is 0 Å². The molecule has 2 unspecified atom stereocenters. The molecule has 0 spiro atoms. The van der Waals surface area contributed by atoms with Crippen LogP contribution in [0.25, 0.3) is 0 Å². The normalized spacial score (nSPS) is 20.3. The summed E-state index contributed by atoms with van der Waals surface area (Å²) in [6, 6.07) is 6.30. The van der Waals surface area contributed by atoms with Gasteiger partial charge in [0.15, 0.2) is 0 Å². The Labute approximate surface area is 113 Å². The Morgan fingerprint density at radius 1 is 1.47 bits per heavy atom. The molecule has 1 amide bonds. The van der Waals surface area contributed by atoms with Crippen molar-refractivity contribution in [1.82, 2.24) is 10.2 Å². The zero-order valence-electron chi connectivity index (χ0n) is 11.5. The van der Waals surface area contributed by atoms with Crippen LogP contribution < -0.4 is 5.32 Å². The van der Waals surface area contributed by atoms with Crippen LogP contribution in [0.4, 0.5) is 4.39 Å². The second-order valence-corrected chi connectivity index (χ2v) is 5.00.